The predicted octanol–water partition coefficient (Wildman–Crippen LogP) is 4.01. The van der Waals surface area contributed by atoms with Crippen molar-refractivity contribution in [3.8, 4) is 0 Å². The molecule has 3 aliphatic rings. The zero-order valence-electron chi connectivity index (χ0n) is 14.6. The van der Waals surface area contributed by atoms with Crippen molar-refractivity contribution in [1.82, 2.24) is 9.80 Å². The molecule has 3 rings (SSSR count). The molecule has 122 valence electrons. The lowest BCUT2D eigenvalue weighted by molar-refractivity contribution is 0.0137. The Morgan fingerprint density at radius 3 is 2.33 bits per heavy atom. The van der Waals surface area contributed by atoms with Gasteiger partial charge in [0.1, 0.15) is 0 Å². The van der Waals surface area contributed by atoms with Crippen LogP contribution in [0.2, 0.25) is 0 Å². The Morgan fingerprint density at radius 2 is 1.67 bits per heavy atom. The first-order valence-corrected chi connectivity index (χ1v) is 9.65. The van der Waals surface area contributed by atoms with Gasteiger partial charge in [0.05, 0.1) is 0 Å². The van der Waals surface area contributed by atoms with E-state index < -0.39 is 0 Å². The van der Waals surface area contributed by atoms with Gasteiger partial charge in [-0.25, -0.2) is 0 Å². The average Bonchev–Trinajstić information content (AvgIpc) is 2.94. The van der Waals surface area contributed by atoms with Gasteiger partial charge in [0.2, 0.25) is 0 Å². The van der Waals surface area contributed by atoms with Gasteiger partial charge in [-0.05, 0) is 50.0 Å². The fourth-order valence-corrected chi connectivity index (χ4v) is 5.10. The highest BCUT2D eigenvalue weighted by Gasteiger charge is 2.38. The van der Waals surface area contributed by atoms with Gasteiger partial charge in [-0.15, -0.1) is 0 Å². The number of hydrogen-bond acceptors (Lipinski definition) is 2. The van der Waals surface area contributed by atoms with Crippen LogP contribution in [0.15, 0.2) is 0 Å². The first-order valence-electron chi connectivity index (χ1n) is 9.65. The average molecular weight is 293 g/mol. The maximum Gasteiger partial charge on any atom is 0.0247 e. The number of hydrogen-bond donors (Lipinski definition) is 0. The van der Waals surface area contributed by atoms with E-state index in [1.54, 1.807) is 0 Å². The molecule has 1 saturated carbocycles. The molecule has 2 unspecified atom stereocenters. The third-order valence-corrected chi connectivity index (χ3v) is 6.64. The Hall–Kier alpha value is -0.0800. The van der Waals surface area contributed by atoms with E-state index >= 15 is 0 Å². The molecular formula is C19H36N2. The van der Waals surface area contributed by atoms with Gasteiger partial charge in [0.25, 0.3) is 0 Å². The summed E-state index contributed by atoms with van der Waals surface area (Å²) in [7, 11) is 0. The quantitative estimate of drug-likeness (QED) is 0.772. The fraction of sp³-hybridized carbons (Fsp3) is 1.00. The fourth-order valence-electron chi connectivity index (χ4n) is 5.10. The second-order valence-electron chi connectivity index (χ2n) is 8.35. The maximum atomic E-state index is 2.90. The molecule has 2 saturated heterocycles. The molecule has 3 fully saturated rings. The van der Waals surface area contributed by atoms with Crippen LogP contribution < -0.4 is 0 Å². The number of piperazine rings is 1. The van der Waals surface area contributed by atoms with Crippen molar-refractivity contribution in [3.63, 3.8) is 0 Å². The lowest BCUT2D eigenvalue weighted by Crippen LogP contribution is -2.58. The molecule has 2 nitrogen and oxygen atoms in total. The predicted molar refractivity (Wildman–Crippen MR) is 90.5 cm³/mol. The molecule has 2 aliphatic heterocycles. The molecule has 0 aromatic heterocycles. The van der Waals surface area contributed by atoms with Crippen molar-refractivity contribution in [3.05, 3.63) is 0 Å². The SMILES string of the molecule is CCC1CCC(CN2CC3CCCN3CC2C(C)C)CC1. The summed E-state index contributed by atoms with van der Waals surface area (Å²) in [6.07, 6.45) is 10.3. The lowest BCUT2D eigenvalue weighted by Gasteiger charge is -2.47. The molecule has 0 aromatic rings. The van der Waals surface area contributed by atoms with Gasteiger partial charge >= 0.3 is 0 Å². The van der Waals surface area contributed by atoms with E-state index in [9.17, 15) is 0 Å². The summed E-state index contributed by atoms with van der Waals surface area (Å²) >= 11 is 0. The standard InChI is InChI=1S/C19H36N2/c1-4-16-7-9-17(10-8-16)12-21-13-18-6-5-11-20(18)14-19(21)15(2)3/h15-19H,4-14H2,1-3H3. The van der Waals surface area contributed by atoms with Crippen molar-refractivity contribution in [2.75, 3.05) is 26.2 Å². The van der Waals surface area contributed by atoms with Crippen molar-refractivity contribution < 1.29 is 0 Å². The monoisotopic (exact) mass is 292 g/mol. The molecule has 2 heterocycles. The summed E-state index contributed by atoms with van der Waals surface area (Å²) in [5.41, 5.74) is 0. The second kappa shape index (κ2) is 7.00. The minimum atomic E-state index is 0.804. The molecule has 21 heavy (non-hydrogen) atoms. The number of rotatable bonds is 4. The van der Waals surface area contributed by atoms with Crippen LogP contribution in [-0.2, 0) is 0 Å². The molecule has 0 amide bonds. The van der Waals surface area contributed by atoms with Gasteiger partial charge < -0.3 is 0 Å². The van der Waals surface area contributed by atoms with E-state index in [0.29, 0.717) is 0 Å². The van der Waals surface area contributed by atoms with E-state index in [1.165, 1.54) is 71.1 Å². The Labute approximate surface area is 132 Å². The van der Waals surface area contributed by atoms with Crippen molar-refractivity contribution in [2.45, 2.75) is 77.8 Å². The molecule has 0 spiro atoms. The van der Waals surface area contributed by atoms with Crippen molar-refractivity contribution in [1.29, 1.82) is 0 Å². The highest BCUT2D eigenvalue weighted by molar-refractivity contribution is 4.94. The van der Waals surface area contributed by atoms with Crippen LogP contribution in [0.25, 0.3) is 0 Å². The summed E-state index contributed by atoms with van der Waals surface area (Å²) in [6.45, 7) is 12.7. The summed E-state index contributed by atoms with van der Waals surface area (Å²) < 4.78 is 0. The molecule has 0 radical (unpaired) electrons. The van der Waals surface area contributed by atoms with E-state index in [-0.39, 0.29) is 0 Å². The van der Waals surface area contributed by atoms with E-state index in [2.05, 4.69) is 30.6 Å². The Bertz CT molecular complexity index is 320. The maximum absolute atomic E-state index is 2.90. The van der Waals surface area contributed by atoms with Crippen molar-refractivity contribution in [2.24, 2.45) is 17.8 Å². The van der Waals surface area contributed by atoms with Gasteiger partial charge in [-0.3, -0.25) is 9.80 Å². The minimum absolute atomic E-state index is 0.804. The van der Waals surface area contributed by atoms with Crippen LogP contribution in [-0.4, -0.2) is 48.1 Å². The molecule has 0 bridgehead atoms. The van der Waals surface area contributed by atoms with Crippen LogP contribution in [0.5, 0.6) is 0 Å². The van der Waals surface area contributed by atoms with Gasteiger partial charge in [-0.2, -0.15) is 0 Å². The molecule has 1 aliphatic carbocycles. The minimum Gasteiger partial charge on any atom is -0.298 e. The van der Waals surface area contributed by atoms with E-state index in [0.717, 1.165) is 29.8 Å². The molecule has 2 atom stereocenters. The van der Waals surface area contributed by atoms with Crippen LogP contribution in [0, 0.1) is 17.8 Å². The molecular weight excluding hydrogens is 256 g/mol. The molecule has 0 aromatic carbocycles. The van der Waals surface area contributed by atoms with Crippen molar-refractivity contribution >= 4 is 0 Å². The Kier molecular flexibility index (Phi) is 5.27. The van der Waals surface area contributed by atoms with Crippen LogP contribution in [0.1, 0.15) is 65.7 Å². The number of nitrogens with zero attached hydrogens (tertiary/aromatic N) is 2. The van der Waals surface area contributed by atoms with E-state index in [4.69, 9.17) is 0 Å². The topological polar surface area (TPSA) is 6.48 Å². The summed E-state index contributed by atoms with van der Waals surface area (Å²) in [5, 5.41) is 0. The Balaban J connectivity index is 1.57. The van der Waals surface area contributed by atoms with Crippen LogP contribution in [0.3, 0.4) is 0 Å². The van der Waals surface area contributed by atoms with Crippen LogP contribution in [0.4, 0.5) is 0 Å². The molecule has 0 N–H and O–H groups in total. The van der Waals surface area contributed by atoms with Gasteiger partial charge in [-0.1, -0.05) is 40.0 Å². The first kappa shape index (κ1) is 15.8. The number of fused-ring (bicyclic) bond motifs is 1. The highest BCUT2D eigenvalue weighted by Crippen LogP contribution is 2.34. The largest absolute Gasteiger partial charge is 0.298 e. The second-order valence-corrected chi connectivity index (χ2v) is 8.35. The van der Waals surface area contributed by atoms with E-state index in [1.807, 2.05) is 0 Å². The first-order chi connectivity index (χ1) is 10.2. The smallest absolute Gasteiger partial charge is 0.0247 e. The third-order valence-electron chi connectivity index (χ3n) is 6.64. The normalized spacial score (nSPS) is 38.9. The zero-order valence-corrected chi connectivity index (χ0v) is 14.6. The van der Waals surface area contributed by atoms with Gasteiger partial charge in [0, 0.05) is 31.7 Å². The summed E-state index contributed by atoms with van der Waals surface area (Å²) in [6, 6.07) is 1.69. The van der Waals surface area contributed by atoms with Gasteiger partial charge in [0.15, 0.2) is 0 Å². The lowest BCUT2D eigenvalue weighted by atomic mass is 9.80. The Morgan fingerprint density at radius 1 is 0.952 bits per heavy atom. The molecule has 2 heteroatoms. The zero-order chi connectivity index (χ0) is 14.8. The van der Waals surface area contributed by atoms with Crippen LogP contribution >= 0.6 is 0 Å². The highest BCUT2D eigenvalue weighted by atomic mass is 15.3. The summed E-state index contributed by atoms with van der Waals surface area (Å²) in [5.74, 6) is 2.83. The third kappa shape index (κ3) is 3.64. The summed E-state index contributed by atoms with van der Waals surface area (Å²) in [4.78, 5) is 5.68.